The molecule has 3 rings (SSSR count). The SMILES string of the molecule is CSc1cc(C(=O)CSc2nccn2-c2ccccc2C)ccc1NC(C)=O. The normalized spacial score (nSPS) is 10.7. The Hall–Kier alpha value is -2.51. The van der Waals surface area contributed by atoms with Crippen LogP contribution in [-0.2, 0) is 4.79 Å². The van der Waals surface area contributed by atoms with E-state index in [1.807, 2.05) is 41.3 Å². The number of rotatable bonds is 7. The van der Waals surface area contributed by atoms with Gasteiger partial charge in [-0.15, -0.1) is 11.8 Å². The lowest BCUT2D eigenvalue weighted by Gasteiger charge is -2.11. The number of carbonyl (C=O) groups excluding carboxylic acids is 2. The summed E-state index contributed by atoms with van der Waals surface area (Å²) < 4.78 is 2.00. The number of hydrogen-bond donors (Lipinski definition) is 1. The number of imidazole rings is 1. The summed E-state index contributed by atoms with van der Waals surface area (Å²) in [5.74, 6) is 0.179. The van der Waals surface area contributed by atoms with Gasteiger partial charge in [-0.3, -0.25) is 14.2 Å². The van der Waals surface area contributed by atoms with Crippen molar-refractivity contribution in [1.29, 1.82) is 0 Å². The van der Waals surface area contributed by atoms with Gasteiger partial charge in [0, 0.05) is 29.8 Å². The number of para-hydroxylation sites is 1. The molecular formula is C21H21N3O2S2. The van der Waals surface area contributed by atoms with Gasteiger partial charge in [0.15, 0.2) is 10.9 Å². The topological polar surface area (TPSA) is 64.0 Å². The molecule has 0 saturated carbocycles. The third kappa shape index (κ3) is 4.66. The Morgan fingerprint density at radius 1 is 1.18 bits per heavy atom. The molecule has 0 atom stereocenters. The summed E-state index contributed by atoms with van der Waals surface area (Å²) in [6.07, 6.45) is 5.57. The van der Waals surface area contributed by atoms with Gasteiger partial charge in [0.2, 0.25) is 5.91 Å². The van der Waals surface area contributed by atoms with Crippen molar-refractivity contribution in [3.63, 3.8) is 0 Å². The maximum Gasteiger partial charge on any atom is 0.221 e. The molecule has 144 valence electrons. The fraction of sp³-hybridized carbons (Fsp3) is 0.190. The second kappa shape index (κ2) is 9.12. The second-order valence-electron chi connectivity index (χ2n) is 6.17. The van der Waals surface area contributed by atoms with Crippen molar-refractivity contribution in [2.75, 3.05) is 17.3 Å². The molecule has 28 heavy (non-hydrogen) atoms. The molecule has 1 amide bonds. The van der Waals surface area contributed by atoms with E-state index in [4.69, 9.17) is 0 Å². The van der Waals surface area contributed by atoms with Gasteiger partial charge in [0.1, 0.15) is 0 Å². The molecule has 1 heterocycles. The number of hydrogen-bond acceptors (Lipinski definition) is 5. The van der Waals surface area contributed by atoms with Crippen LogP contribution in [0.25, 0.3) is 5.69 Å². The predicted molar refractivity (Wildman–Crippen MR) is 116 cm³/mol. The molecule has 0 spiro atoms. The first-order valence-corrected chi connectivity index (χ1v) is 10.9. The van der Waals surface area contributed by atoms with Gasteiger partial charge in [0.05, 0.1) is 17.1 Å². The van der Waals surface area contributed by atoms with Gasteiger partial charge < -0.3 is 5.32 Å². The van der Waals surface area contributed by atoms with Crippen LogP contribution in [0.15, 0.2) is 64.9 Å². The van der Waals surface area contributed by atoms with Crippen LogP contribution in [0.2, 0.25) is 0 Å². The third-order valence-electron chi connectivity index (χ3n) is 4.15. The first-order valence-electron chi connectivity index (χ1n) is 8.70. The van der Waals surface area contributed by atoms with E-state index in [9.17, 15) is 9.59 Å². The molecule has 0 bridgehead atoms. The van der Waals surface area contributed by atoms with Crippen LogP contribution in [-0.4, -0.2) is 33.3 Å². The molecule has 7 heteroatoms. The lowest BCUT2D eigenvalue weighted by atomic mass is 10.1. The van der Waals surface area contributed by atoms with Gasteiger partial charge in [-0.05, 0) is 43.0 Å². The quantitative estimate of drug-likeness (QED) is 0.445. The van der Waals surface area contributed by atoms with Crippen LogP contribution in [0.3, 0.4) is 0 Å². The van der Waals surface area contributed by atoms with Gasteiger partial charge in [-0.1, -0.05) is 30.0 Å². The fourth-order valence-corrected chi connectivity index (χ4v) is 4.23. The summed E-state index contributed by atoms with van der Waals surface area (Å²) in [5, 5.41) is 3.57. The summed E-state index contributed by atoms with van der Waals surface area (Å²) in [6, 6.07) is 13.4. The van der Waals surface area contributed by atoms with E-state index >= 15 is 0 Å². The Balaban J connectivity index is 1.74. The van der Waals surface area contributed by atoms with E-state index in [0.29, 0.717) is 5.56 Å². The van der Waals surface area contributed by atoms with Crippen molar-refractivity contribution < 1.29 is 9.59 Å². The average molecular weight is 412 g/mol. The van der Waals surface area contributed by atoms with Gasteiger partial charge in [0.25, 0.3) is 0 Å². The van der Waals surface area contributed by atoms with Crippen molar-refractivity contribution in [2.45, 2.75) is 23.9 Å². The summed E-state index contributed by atoms with van der Waals surface area (Å²) in [4.78, 5) is 29.3. The molecule has 3 aromatic rings. The number of aryl methyl sites for hydroxylation is 1. The Kier molecular flexibility index (Phi) is 6.59. The molecule has 1 aromatic heterocycles. The molecule has 0 radical (unpaired) electrons. The molecule has 0 aliphatic carbocycles. The molecular weight excluding hydrogens is 390 g/mol. The van der Waals surface area contributed by atoms with Crippen LogP contribution in [0.1, 0.15) is 22.8 Å². The maximum atomic E-state index is 12.7. The Morgan fingerprint density at radius 2 is 1.96 bits per heavy atom. The zero-order valence-corrected chi connectivity index (χ0v) is 17.6. The third-order valence-corrected chi connectivity index (χ3v) is 5.89. The molecule has 1 N–H and O–H groups in total. The Labute approximate surface area is 172 Å². The molecule has 2 aromatic carbocycles. The molecule has 5 nitrogen and oxygen atoms in total. The van der Waals surface area contributed by atoms with Crippen LogP contribution >= 0.6 is 23.5 Å². The van der Waals surface area contributed by atoms with Crippen molar-refractivity contribution in [3.8, 4) is 5.69 Å². The predicted octanol–water partition coefficient (Wildman–Crippen LogP) is 4.84. The standard InChI is InChI=1S/C21H21N3O2S2/c1-14-6-4-5-7-18(14)24-11-10-22-21(24)28-13-19(26)16-8-9-17(23-15(2)25)20(12-16)27-3/h4-12H,13H2,1-3H3,(H,23,25). The number of anilines is 1. The van der Waals surface area contributed by atoms with E-state index in [0.717, 1.165) is 27.0 Å². The van der Waals surface area contributed by atoms with Crippen LogP contribution in [0.4, 0.5) is 5.69 Å². The zero-order chi connectivity index (χ0) is 20.1. The lowest BCUT2D eigenvalue weighted by Crippen LogP contribution is -2.09. The van der Waals surface area contributed by atoms with E-state index in [2.05, 4.69) is 23.3 Å². The number of amides is 1. The molecule has 0 fully saturated rings. The van der Waals surface area contributed by atoms with Gasteiger partial charge >= 0.3 is 0 Å². The van der Waals surface area contributed by atoms with Crippen molar-refractivity contribution in [2.24, 2.45) is 0 Å². The molecule has 0 aliphatic heterocycles. The van der Waals surface area contributed by atoms with E-state index < -0.39 is 0 Å². The largest absolute Gasteiger partial charge is 0.325 e. The summed E-state index contributed by atoms with van der Waals surface area (Å²) >= 11 is 2.91. The highest BCUT2D eigenvalue weighted by Gasteiger charge is 2.14. The second-order valence-corrected chi connectivity index (χ2v) is 7.96. The van der Waals surface area contributed by atoms with Crippen LogP contribution < -0.4 is 5.32 Å². The zero-order valence-electron chi connectivity index (χ0n) is 15.9. The fourth-order valence-electron chi connectivity index (χ4n) is 2.78. The van der Waals surface area contributed by atoms with E-state index in [-0.39, 0.29) is 17.4 Å². The van der Waals surface area contributed by atoms with Gasteiger partial charge in [-0.25, -0.2) is 4.98 Å². The van der Waals surface area contributed by atoms with Crippen molar-refractivity contribution >= 4 is 40.9 Å². The highest BCUT2D eigenvalue weighted by atomic mass is 32.2. The van der Waals surface area contributed by atoms with E-state index in [1.54, 1.807) is 18.3 Å². The number of nitrogens with one attached hydrogen (secondary N) is 1. The first-order chi connectivity index (χ1) is 13.5. The molecule has 0 aliphatic rings. The van der Waals surface area contributed by atoms with Crippen molar-refractivity contribution in [3.05, 3.63) is 66.0 Å². The summed E-state index contributed by atoms with van der Waals surface area (Å²) in [6.45, 7) is 3.52. The minimum atomic E-state index is -0.132. The maximum absolute atomic E-state index is 12.7. The number of Topliss-reactive ketones (excluding diaryl/α,β-unsaturated/α-hetero) is 1. The number of aromatic nitrogens is 2. The lowest BCUT2D eigenvalue weighted by molar-refractivity contribution is -0.114. The van der Waals surface area contributed by atoms with Crippen LogP contribution in [0.5, 0.6) is 0 Å². The Morgan fingerprint density at radius 3 is 2.68 bits per heavy atom. The van der Waals surface area contributed by atoms with Crippen molar-refractivity contribution in [1.82, 2.24) is 9.55 Å². The highest BCUT2D eigenvalue weighted by molar-refractivity contribution is 7.99. The minimum absolute atomic E-state index is 0.0222. The smallest absolute Gasteiger partial charge is 0.221 e. The number of benzene rings is 2. The van der Waals surface area contributed by atoms with Crippen LogP contribution in [0, 0.1) is 6.92 Å². The number of thioether (sulfide) groups is 2. The Bertz CT molecular complexity index is 1010. The summed E-state index contributed by atoms with van der Waals surface area (Å²) in [7, 11) is 0. The highest BCUT2D eigenvalue weighted by Crippen LogP contribution is 2.28. The first kappa shape index (κ1) is 20.2. The van der Waals surface area contributed by atoms with Gasteiger partial charge in [-0.2, -0.15) is 0 Å². The average Bonchev–Trinajstić information content (AvgIpc) is 3.14. The number of ketones is 1. The van der Waals surface area contributed by atoms with E-state index in [1.165, 1.54) is 30.4 Å². The minimum Gasteiger partial charge on any atom is -0.325 e. The summed E-state index contributed by atoms with van der Waals surface area (Å²) in [5.41, 5.74) is 3.55. The molecule has 0 unspecified atom stereocenters. The number of carbonyl (C=O) groups is 2. The molecule has 0 saturated heterocycles. The number of nitrogens with zero attached hydrogens (tertiary/aromatic N) is 2. The monoisotopic (exact) mass is 411 g/mol.